The van der Waals surface area contributed by atoms with E-state index >= 15 is 0 Å². The van der Waals surface area contributed by atoms with Crippen LogP contribution in [0.2, 0.25) is 0 Å². The molecule has 20 nitrogen and oxygen atoms in total. The van der Waals surface area contributed by atoms with Crippen LogP contribution in [0.1, 0.15) is 40.6 Å². The number of aliphatic hydroxyl groups excluding tert-OH is 3. The first-order valence-corrected chi connectivity index (χ1v) is 21.9. The quantitative estimate of drug-likeness (QED) is 0.0501. The minimum absolute atomic E-state index is 0.0361. The van der Waals surface area contributed by atoms with Gasteiger partial charge in [-0.05, 0) is 41.8 Å². The van der Waals surface area contributed by atoms with Crippen molar-refractivity contribution in [2.45, 2.75) is 26.7 Å². The summed E-state index contributed by atoms with van der Waals surface area (Å²) in [4.78, 5) is 29.7. The number of anilines is 3. The molecule has 9 aromatic rings. The molecule has 4 aromatic heterocycles. The molecule has 0 fully saturated rings. The molecule has 0 saturated heterocycles. The van der Waals surface area contributed by atoms with Crippen molar-refractivity contribution >= 4 is 29.2 Å². The fourth-order valence-corrected chi connectivity index (χ4v) is 6.44. The molecule has 20 heteroatoms. The van der Waals surface area contributed by atoms with Crippen LogP contribution in [0, 0.1) is 22.1 Å². The highest BCUT2D eigenvalue weighted by Crippen LogP contribution is 2.26. The number of ether oxygens (including phenoxy) is 1. The molecular weight excluding hydrogens is 913 g/mol. The third kappa shape index (κ3) is 13.9. The number of amidine groups is 1. The molecule has 14 N–H and O–H groups in total. The van der Waals surface area contributed by atoms with Crippen LogP contribution in [-0.4, -0.2) is 78.7 Å². The maximum atomic E-state index is 9.32. The van der Waals surface area contributed by atoms with Gasteiger partial charge in [-0.15, -0.1) is 0 Å². The summed E-state index contributed by atoms with van der Waals surface area (Å²) in [7, 11) is 0. The molecule has 362 valence electrons. The SMILES string of the molecule is CCOC(=N)c1nc(-c2cccc(CO)c2)cnc1N.N#Cc1nc(-c2cccc(CO)c2)cnc1N.N=C(N)c1ccccc1.Nc1ncc(-c2cccc(CO)c2)nc1-c1nc(-c2ccccc2)n[nH]1. The summed E-state index contributed by atoms with van der Waals surface area (Å²) in [5.41, 5.74) is 31.4. The van der Waals surface area contributed by atoms with E-state index in [0.717, 1.165) is 44.5 Å². The summed E-state index contributed by atoms with van der Waals surface area (Å²) in [5.74, 6) is 1.58. The van der Waals surface area contributed by atoms with Crippen LogP contribution in [-0.2, 0) is 24.6 Å². The number of rotatable bonds is 11. The Labute approximate surface area is 413 Å². The Morgan fingerprint density at radius 1 is 0.597 bits per heavy atom. The molecule has 0 aliphatic rings. The number of H-pyrrole nitrogens is 1. The van der Waals surface area contributed by atoms with Gasteiger partial charge in [0.05, 0.1) is 62.1 Å². The lowest BCUT2D eigenvalue weighted by atomic mass is 10.1. The van der Waals surface area contributed by atoms with Gasteiger partial charge in [0.2, 0.25) is 5.90 Å². The molecule has 0 amide bonds. The van der Waals surface area contributed by atoms with Crippen LogP contribution in [0.25, 0.3) is 56.7 Å². The predicted molar refractivity (Wildman–Crippen MR) is 275 cm³/mol. The summed E-state index contributed by atoms with van der Waals surface area (Å²) in [6.45, 7) is 2.03. The fourth-order valence-electron chi connectivity index (χ4n) is 6.44. The first-order chi connectivity index (χ1) is 34.9. The number of nitrogens with zero attached hydrogens (tertiary/aromatic N) is 9. The molecule has 9 rings (SSSR count). The Morgan fingerprint density at radius 3 is 1.56 bits per heavy atom. The number of nitriles is 1. The molecule has 0 unspecified atom stereocenters. The molecule has 0 radical (unpaired) electrons. The van der Waals surface area contributed by atoms with Crippen molar-refractivity contribution in [3.63, 3.8) is 0 Å². The van der Waals surface area contributed by atoms with Crippen molar-refractivity contribution in [1.29, 1.82) is 16.1 Å². The Kier molecular flexibility index (Phi) is 18.3. The van der Waals surface area contributed by atoms with Gasteiger partial charge in [-0.3, -0.25) is 15.9 Å². The standard InChI is InChI=1S/C19H16N6O.C14H16N4O2.C12H10N4O.C7H8N2/c20-17-16(19-23-18(24-25-19)13-6-2-1-3-7-13)22-15(10-21-17)14-8-4-5-12(9-14)11-26;1-2-20-14(16)12-13(15)17-7-11(18-12)10-5-3-4-9(6-10)8-19;13-5-10-12(14)15-6-11(16-10)9-3-1-2-8(4-9)7-17;8-7(9)6-4-2-1-3-5-6/h1-10,26H,11H2,(H2,20,21)(H,23,24,25);3-7,16,19H,2,8H2,1H3,(H2,15,17);1-4,6,17H,7H2,(H2,14,15);1-5H,(H3,8,9). The molecule has 0 spiro atoms. The third-order valence-corrected chi connectivity index (χ3v) is 10.1. The maximum absolute atomic E-state index is 9.32. The average molecular weight is 963 g/mol. The normalized spacial score (nSPS) is 10.2. The van der Waals surface area contributed by atoms with E-state index < -0.39 is 0 Å². The molecule has 4 heterocycles. The van der Waals surface area contributed by atoms with Gasteiger partial charge in [0.1, 0.15) is 17.6 Å². The van der Waals surface area contributed by atoms with E-state index in [-0.39, 0.29) is 60.4 Å². The van der Waals surface area contributed by atoms with E-state index in [4.69, 9.17) is 54.0 Å². The van der Waals surface area contributed by atoms with E-state index in [9.17, 15) is 5.11 Å². The molecule has 5 aromatic carbocycles. The van der Waals surface area contributed by atoms with Crippen LogP contribution in [0.5, 0.6) is 0 Å². The summed E-state index contributed by atoms with van der Waals surface area (Å²) in [5, 5.41) is 58.2. The van der Waals surface area contributed by atoms with Gasteiger partial charge in [0, 0.05) is 27.8 Å². The van der Waals surface area contributed by atoms with Crippen molar-refractivity contribution in [3.8, 4) is 62.7 Å². The second-order valence-electron chi connectivity index (χ2n) is 15.1. The van der Waals surface area contributed by atoms with Crippen molar-refractivity contribution in [2.75, 3.05) is 23.8 Å². The number of hydrogen-bond acceptors (Lipinski definition) is 18. The van der Waals surface area contributed by atoms with E-state index in [1.54, 1.807) is 25.3 Å². The average Bonchev–Trinajstić information content (AvgIpc) is 3.93. The van der Waals surface area contributed by atoms with E-state index in [0.29, 0.717) is 41.0 Å². The van der Waals surface area contributed by atoms with Crippen LogP contribution in [0.15, 0.2) is 152 Å². The second kappa shape index (κ2) is 25.5. The number of benzene rings is 5. The monoisotopic (exact) mass is 962 g/mol. The summed E-state index contributed by atoms with van der Waals surface area (Å²) in [6.07, 6.45) is 4.64. The minimum atomic E-state index is -0.0994. The minimum Gasteiger partial charge on any atom is -0.477 e. The fraction of sp³-hybridized carbons (Fsp3) is 0.0962. The van der Waals surface area contributed by atoms with Gasteiger partial charge in [0.15, 0.2) is 40.5 Å². The van der Waals surface area contributed by atoms with Gasteiger partial charge in [-0.1, -0.05) is 115 Å². The molecule has 0 bridgehead atoms. The van der Waals surface area contributed by atoms with Crippen LogP contribution in [0.4, 0.5) is 17.5 Å². The summed E-state index contributed by atoms with van der Waals surface area (Å²) >= 11 is 0. The Bertz CT molecular complexity index is 3290. The van der Waals surface area contributed by atoms with Crippen molar-refractivity contribution in [2.24, 2.45) is 5.73 Å². The van der Waals surface area contributed by atoms with Gasteiger partial charge in [-0.2, -0.15) is 10.4 Å². The lowest BCUT2D eigenvalue weighted by Gasteiger charge is -2.09. The van der Waals surface area contributed by atoms with E-state index in [1.807, 2.05) is 127 Å². The number of nitrogens with one attached hydrogen (secondary N) is 3. The predicted octanol–water partition coefficient (Wildman–Crippen LogP) is 6.31. The molecule has 72 heavy (non-hydrogen) atoms. The lowest BCUT2D eigenvalue weighted by Crippen LogP contribution is -2.12. The highest BCUT2D eigenvalue weighted by molar-refractivity contribution is 5.95. The van der Waals surface area contributed by atoms with Crippen molar-refractivity contribution < 1.29 is 20.1 Å². The number of aromatic amines is 1. The molecule has 0 aliphatic heterocycles. The zero-order chi connectivity index (χ0) is 51.4. The summed E-state index contributed by atoms with van der Waals surface area (Å²) < 4.78 is 5.11. The maximum Gasteiger partial charge on any atom is 0.236 e. The molecule has 0 aliphatic carbocycles. The highest BCUT2D eigenvalue weighted by Gasteiger charge is 2.16. The third-order valence-electron chi connectivity index (χ3n) is 10.1. The van der Waals surface area contributed by atoms with Gasteiger partial charge in [0.25, 0.3) is 0 Å². The lowest BCUT2D eigenvalue weighted by molar-refractivity contribution is 0.281. The highest BCUT2D eigenvalue weighted by atomic mass is 16.5. The zero-order valence-electron chi connectivity index (χ0n) is 38.8. The Morgan fingerprint density at radius 2 is 1.07 bits per heavy atom. The van der Waals surface area contributed by atoms with Gasteiger partial charge in [-0.25, -0.2) is 34.9 Å². The van der Waals surface area contributed by atoms with Crippen LogP contribution < -0.4 is 22.9 Å². The molecule has 0 saturated carbocycles. The number of aromatic nitrogens is 9. The number of nitrogen functional groups attached to an aromatic ring is 4. The first kappa shape index (κ1) is 51.6. The van der Waals surface area contributed by atoms with Crippen molar-refractivity contribution in [1.82, 2.24) is 45.1 Å². The number of aliphatic hydroxyl groups is 3. The Balaban J connectivity index is 0.000000165. The number of hydrogen-bond donors (Lipinski definition) is 10. The van der Waals surface area contributed by atoms with Gasteiger partial charge >= 0.3 is 0 Å². The Hall–Kier alpha value is -9.81. The topological polar surface area (TPSA) is 364 Å². The second-order valence-corrected chi connectivity index (χ2v) is 15.1. The van der Waals surface area contributed by atoms with Crippen LogP contribution >= 0.6 is 0 Å². The number of nitrogens with two attached hydrogens (primary N) is 4. The van der Waals surface area contributed by atoms with Gasteiger partial charge < -0.3 is 43.0 Å². The van der Waals surface area contributed by atoms with E-state index in [1.165, 1.54) is 12.4 Å². The summed E-state index contributed by atoms with van der Waals surface area (Å²) in [6, 6.07) is 42.8. The van der Waals surface area contributed by atoms with Crippen molar-refractivity contribution in [3.05, 3.63) is 186 Å². The van der Waals surface area contributed by atoms with E-state index in [2.05, 4.69) is 45.1 Å². The van der Waals surface area contributed by atoms with Crippen LogP contribution in [0.3, 0.4) is 0 Å². The molecule has 0 atom stereocenters. The first-order valence-electron chi connectivity index (χ1n) is 21.9. The smallest absolute Gasteiger partial charge is 0.236 e. The zero-order valence-corrected chi connectivity index (χ0v) is 38.8. The molecular formula is C52H50N16O4. The largest absolute Gasteiger partial charge is 0.477 e.